The number of carbonyl (C=O) groups excluding carboxylic acids is 1. The lowest BCUT2D eigenvalue weighted by Gasteiger charge is -2.21. The first-order chi connectivity index (χ1) is 10.2. The number of amides is 1. The predicted molar refractivity (Wildman–Crippen MR) is 80.9 cm³/mol. The van der Waals surface area contributed by atoms with Gasteiger partial charge < -0.3 is 9.64 Å². The third-order valence-electron chi connectivity index (χ3n) is 2.86. The molecule has 0 aromatic heterocycles. The molecule has 2 aromatic carbocycles. The Morgan fingerprint density at radius 2 is 1.81 bits per heavy atom. The van der Waals surface area contributed by atoms with Crippen LogP contribution in [0.5, 0.6) is 5.75 Å². The zero-order chi connectivity index (χ0) is 15.1. The van der Waals surface area contributed by atoms with E-state index < -0.39 is 0 Å². The summed E-state index contributed by atoms with van der Waals surface area (Å²) in [5, 5.41) is 0. The van der Waals surface area contributed by atoms with Crippen LogP contribution in [0.3, 0.4) is 0 Å². The number of nitrogens with zero attached hydrogens (tertiary/aromatic N) is 1. The summed E-state index contributed by atoms with van der Waals surface area (Å²) < 4.78 is 18.2. The summed E-state index contributed by atoms with van der Waals surface area (Å²) in [5.74, 6) is -0.0759. The van der Waals surface area contributed by atoms with Gasteiger partial charge in [-0.05, 0) is 36.4 Å². The zero-order valence-corrected chi connectivity index (χ0v) is 11.5. The van der Waals surface area contributed by atoms with Crippen LogP contribution in [0, 0.1) is 5.82 Å². The topological polar surface area (TPSA) is 29.5 Å². The number of benzene rings is 2. The molecule has 2 aromatic rings. The van der Waals surface area contributed by atoms with E-state index in [4.69, 9.17) is 4.74 Å². The van der Waals surface area contributed by atoms with E-state index in [1.54, 1.807) is 11.0 Å². The van der Waals surface area contributed by atoms with Gasteiger partial charge in [-0.15, -0.1) is 6.58 Å². The van der Waals surface area contributed by atoms with Crippen molar-refractivity contribution in [2.45, 2.75) is 0 Å². The van der Waals surface area contributed by atoms with E-state index in [1.807, 2.05) is 30.3 Å². The van der Waals surface area contributed by atoms with Crippen molar-refractivity contribution in [3.8, 4) is 5.75 Å². The van der Waals surface area contributed by atoms with Crippen molar-refractivity contribution in [2.24, 2.45) is 0 Å². The van der Waals surface area contributed by atoms with Gasteiger partial charge in [0.15, 0.2) is 6.61 Å². The number of carbonyl (C=O) groups is 1. The standard InChI is InChI=1S/C17H16FNO2/c1-2-12-19(15-6-4-3-5-7-15)17(20)13-21-16-10-8-14(18)9-11-16/h2-11H,1,12-13H2. The summed E-state index contributed by atoms with van der Waals surface area (Å²) in [7, 11) is 0. The average molecular weight is 285 g/mol. The maximum absolute atomic E-state index is 12.8. The lowest BCUT2D eigenvalue weighted by atomic mass is 10.3. The van der Waals surface area contributed by atoms with Gasteiger partial charge in [-0.3, -0.25) is 4.79 Å². The van der Waals surface area contributed by atoms with E-state index >= 15 is 0 Å². The van der Waals surface area contributed by atoms with E-state index in [0.29, 0.717) is 12.3 Å². The molecule has 0 atom stereocenters. The van der Waals surface area contributed by atoms with Gasteiger partial charge in [-0.1, -0.05) is 24.3 Å². The van der Waals surface area contributed by atoms with Crippen molar-refractivity contribution in [3.05, 3.63) is 73.1 Å². The molecule has 0 fully saturated rings. The molecule has 0 unspecified atom stereocenters. The zero-order valence-electron chi connectivity index (χ0n) is 11.5. The van der Waals surface area contributed by atoms with Crippen LogP contribution in [0.2, 0.25) is 0 Å². The van der Waals surface area contributed by atoms with Crippen molar-refractivity contribution in [3.63, 3.8) is 0 Å². The molecular formula is C17H16FNO2. The molecule has 3 nitrogen and oxygen atoms in total. The second-order valence-corrected chi connectivity index (χ2v) is 4.37. The van der Waals surface area contributed by atoms with Crippen LogP contribution in [-0.2, 0) is 4.79 Å². The molecule has 0 aliphatic rings. The number of anilines is 1. The van der Waals surface area contributed by atoms with Crippen molar-refractivity contribution in [2.75, 3.05) is 18.1 Å². The summed E-state index contributed by atoms with van der Waals surface area (Å²) in [6.07, 6.45) is 1.66. The monoisotopic (exact) mass is 285 g/mol. The lowest BCUT2D eigenvalue weighted by molar-refractivity contribution is -0.120. The smallest absolute Gasteiger partial charge is 0.265 e. The number of para-hydroxylation sites is 1. The molecule has 21 heavy (non-hydrogen) atoms. The van der Waals surface area contributed by atoms with Crippen LogP contribution in [-0.4, -0.2) is 19.1 Å². The molecule has 108 valence electrons. The number of halogens is 1. The van der Waals surface area contributed by atoms with E-state index in [1.165, 1.54) is 24.3 Å². The lowest BCUT2D eigenvalue weighted by Crippen LogP contribution is -2.35. The summed E-state index contributed by atoms with van der Waals surface area (Å²) in [6.45, 7) is 3.94. The minimum absolute atomic E-state index is 0.117. The predicted octanol–water partition coefficient (Wildman–Crippen LogP) is 3.42. The first-order valence-electron chi connectivity index (χ1n) is 6.55. The fraction of sp³-hybridized carbons (Fsp3) is 0.118. The third-order valence-corrected chi connectivity index (χ3v) is 2.86. The van der Waals surface area contributed by atoms with E-state index in [0.717, 1.165) is 5.69 Å². The second-order valence-electron chi connectivity index (χ2n) is 4.37. The highest BCUT2D eigenvalue weighted by molar-refractivity contribution is 5.94. The van der Waals surface area contributed by atoms with E-state index in [2.05, 4.69) is 6.58 Å². The average Bonchev–Trinajstić information content (AvgIpc) is 2.52. The molecule has 1 amide bonds. The van der Waals surface area contributed by atoms with Crippen LogP contribution < -0.4 is 9.64 Å². The quantitative estimate of drug-likeness (QED) is 0.761. The minimum Gasteiger partial charge on any atom is -0.484 e. The van der Waals surface area contributed by atoms with Gasteiger partial charge in [0.1, 0.15) is 11.6 Å². The molecule has 0 aliphatic carbocycles. The molecular weight excluding hydrogens is 269 g/mol. The van der Waals surface area contributed by atoms with Crippen LogP contribution in [0.15, 0.2) is 67.3 Å². The summed E-state index contributed by atoms with van der Waals surface area (Å²) in [4.78, 5) is 13.8. The number of ether oxygens (including phenoxy) is 1. The van der Waals surface area contributed by atoms with Gasteiger partial charge in [0.2, 0.25) is 0 Å². The van der Waals surface area contributed by atoms with Gasteiger partial charge in [0.05, 0.1) is 0 Å². The van der Waals surface area contributed by atoms with Gasteiger partial charge in [-0.2, -0.15) is 0 Å². The van der Waals surface area contributed by atoms with Crippen LogP contribution in [0.25, 0.3) is 0 Å². The number of rotatable bonds is 6. The van der Waals surface area contributed by atoms with E-state index in [-0.39, 0.29) is 18.3 Å². The Balaban J connectivity index is 2.02. The Hall–Kier alpha value is -2.62. The first kappa shape index (κ1) is 14.8. The summed E-state index contributed by atoms with van der Waals surface area (Å²) in [5.41, 5.74) is 0.783. The van der Waals surface area contributed by atoms with Crippen molar-refractivity contribution < 1.29 is 13.9 Å². The normalized spacial score (nSPS) is 9.95. The minimum atomic E-state index is -0.341. The van der Waals surface area contributed by atoms with Gasteiger partial charge in [-0.25, -0.2) is 4.39 Å². The van der Waals surface area contributed by atoms with E-state index in [9.17, 15) is 9.18 Å². The van der Waals surface area contributed by atoms with Crippen LogP contribution in [0.4, 0.5) is 10.1 Å². The Labute approximate surface area is 123 Å². The van der Waals surface area contributed by atoms with Gasteiger partial charge in [0, 0.05) is 12.2 Å². The number of hydrogen-bond acceptors (Lipinski definition) is 2. The molecule has 2 rings (SSSR count). The summed E-state index contributed by atoms with van der Waals surface area (Å²) >= 11 is 0. The van der Waals surface area contributed by atoms with Gasteiger partial charge >= 0.3 is 0 Å². The Morgan fingerprint density at radius 3 is 2.43 bits per heavy atom. The van der Waals surface area contributed by atoms with Crippen molar-refractivity contribution in [1.29, 1.82) is 0 Å². The third kappa shape index (κ3) is 4.18. The highest BCUT2D eigenvalue weighted by Crippen LogP contribution is 2.15. The van der Waals surface area contributed by atoms with Crippen molar-refractivity contribution >= 4 is 11.6 Å². The largest absolute Gasteiger partial charge is 0.484 e. The SMILES string of the molecule is C=CCN(C(=O)COc1ccc(F)cc1)c1ccccc1. The molecule has 0 aliphatic heterocycles. The first-order valence-corrected chi connectivity index (χ1v) is 6.55. The number of hydrogen-bond donors (Lipinski definition) is 0. The highest BCUT2D eigenvalue weighted by Gasteiger charge is 2.14. The maximum atomic E-state index is 12.8. The molecule has 4 heteroatoms. The molecule has 0 N–H and O–H groups in total. The van der Waals surface area contributed by atoms with Gasteiger partial charge in [0.25, 0.3) is 5.91 Å². The fourth-order valence-electron chi connectivity index (χ4n) is 1.84. The molecule has 0 saturated carbocycles. The van der Waals surface area contributed by atoms with Crippen LogP contribution >= 0.6 is 0 Å². The van der Waals surface area contributed by atoms with Crippen LogP contribution in [0.1, 0.15) is 0 Å². The fourth-order valence-corrected chi connectivity index (χ4v) is 1.84. The Morgan fingerprint density at radius 1 is 1.14 bits per heavy atom. The Bertz CT molecular complexity index is 596. The highest BCUT2D eigenvalue weighted by atomic mass is 19.1. The second kappa shape index (κ2) is 7.24. The summed E-state index contributed by atoms with van der Waals surface area (Å²) in [6, 6.07) is 14.9. The molecule has 0 radical (unpaired) electrons. The molecule has 0 saturated heterocycles. The van der Waals surface area contributed by atoms with Crippen molar-refractivity contribution in [1.82, 2.24) is 0 Å². The molecule has 0 heterocycles. The molecule has 0 spiro atoms. The molecule has 0 bridgehead atoms. The Kier molecular flexibility index (Phi) is 5.10. The maximum Gasteiger partial charge on any atom is 0.265 e.